The Morgan fingerprint density at radius 3 is 2.46 bits per heavy atom. The third kappa shape index (κ3) is 3.96. The number of benzene rings is 1. The summed E-state index contributed by atoms with van der Waals surface area (Å²) in [6.45, 7) is 9.30. The summed E-state index contributed by atoms with van der Waals surface area (Å²) < 4.78 is 28.0. The SMILES string of the molecule is CCN(C)S(=O)(=O)c1c(C)nn(CC(=O)Nc2ccc(C)cc2C)c1C. The van der Waals surface area contributed by atoms with E-state index in [0.717, 1.165) is 16.8 Å². The number of carbonyl (C=O) groups excluding carboxylic acids is 1. The maximum atomic E-state index is 12.6. The molecule has 1 heterocycles. The van der Waals surface area contributed by atoms with Crippen molar-refractivity contribution < 1.29 is 13.2 Å². The van der Waals surface area contributed by atoms with Crippen molar-refractivity contribution in [2.45, 2.75) is 46.1 Å². The smallest absolute Gasteiger partial charge is 0.246 e. The first-order valence-electron chi connectivity index (χ1n) is 8.45. The number of carbonyl (C=O) groups is 1. The van der Waals surface area contributed by atoms with Crippen molar-refractivity contribution in [2.24, 2.45) is 0 Å². The minimum Gasteiger partial charge on any atom is -0.324 e. The molecule has 8 heteroatoms. The summed E-state index contributed by atoms with van der Waals surface area (Å²) in [5, 5.41) is 7.12. The average Bonchev–Trinajstić information content (AvgIpc) is 2.83. The molecule has 1 amide bonds. The highest BCUT2D eigenvalue weighted by molar-refractivity contribution is 7.89. The molecule has 1 aromatic carbocycles. The van der Waals surface area contributed by atoms with E-state index in [4.69, 9.17) is 0 Å². The van der Waals surface area contributed by atoms with Gasteiger partial charge in [-0.25, -0.2) is 12.7 Å². The molecule has 1 aromatic heterocycles. The van der Waals surface area contributed by atoms with Crippen LogP contribution in [-0.2, 0) is 21.4 Å². The van der Waals surface area contributed by atoms with E-state index in [-0.39, 0.29) is 17.3 Å². The number of nitrogens with one attached hydrogen (secondary N) is 1. The van der Waals surface area contributed by atoms with Gasteiger partial charge in [0.15, 0.2) is 0 Å². The molecule has 0 saturated carbocycles. The summed E-state index contributed by atoms with van der Waals surface area (Å²) in [7, 11) is -2.09. The summed E-state index contributed by atoms with van der Waals surface area (Å²) in [4.78, 5) is 12.6. The van der Waals surface area contributed by atoms with E-state index in [0.29, 0.717) is 17.9 Å². The average molecular weight is 378 g/mol. The minimum atomic E-state index is -3.62. The summed E-state index contributed by atoms with van der Waals surface area (Å²) in [5.41, 5.74) is 3.68. The molecule has 0 unspecified atom stereocenters. The van der Waals surface area contributed by atoms with Crippen LogP contribution in [0.2, 0.25) is 0 Å². The van der Waals surface area contributed by atoms with E-state index in [1.54, 1.807) is 20.8 Å². The first-order chi connectivity index (χ1) is 12.1. The molecule has 0 saturated heterocycles. The number of hydrogen-bond acceptors (Lipinski definition) is 4. The zero-order valence-corrected chi connectivity index (χ0v) is 16.9. The lowest BCUT2D eigenvalue weighted by Crippen LogP contribution is -2.27. The molecule has 0 fully saturated rings. The van der Waals surface area contributed by atoms with Crippen LogP contribution in [0.4, 0.5) is 5.69 Å². The molecule has 0 spiro atoms. The van der Waals surface area contributed by atoms with E-state index in [1.807, 2.05) is 32.0 Å². The van der Waals surface area contributed by atoms with Gasteiger partial charge in [0, 0.05) is 19.3 Å². The number of hydrogen-bond donors (Lipinski definition) is 1. The van der Waals surface area contributed by atoms with E-state index in [9.17, 15) is 13.2 Å². The Morgan fingerprint density at radius 2 is 1.88 bits per heavy atom. The van der Waals surface area contributed by atoms with Gasteiger partial charge in [0.05, 0.1) is 11.4 Å². The normalized spacial score (nSPS) is 11.8. The second-order valence-corrected chi connectivity index (χ2v) is 8.43. The van der Waals surface area contributed by atoms with Crippen molar-refractivity contribution in [3.8, 4) is 0 Å². The van der Waals surface area contributed by atoms with Crippen LogP contribution in [0.1, 0.15) is 29.4 Å². The monoisotopic (exact) mass is 378 g/mol. The van der Waals surface area contributed by atoms with Gasteiger partial charge in [0.25, 0.3) is 0 Å². The molecular weight excluding hydrogens is 352 g/mol. The number of nitrogens with zero attached hydrogens (tertiary/aromatic N) is 3. The number of aryl methyl sites for hydroxylation is 3. The van der Waals surface area contributed by atoms with Crippen molar-refractivity contribution in [1.82, 2.24) is 14.1 Å². The highest BCUT2D eigenvalue weighted by atomic mass is 32.2. The first kappa shape index (κ1) is 20.1. The number of aromatic nitrogens is 2. The lowest BCUT2D eigenvalue weighted by molar-refractivity contribution is -0.116. The summed E-state index contributed by atoms with van der Waals surface area (Å²) >= 11 is 0. The van der Waals surface area contributed by atoms with Gasteiger partial charge in [-0.05, 0) is 39.3 Å². The summed E-state index contributed by atoms with van der Waals surface area (Å²) in [5.74, 6) is -0.254. The predicted molar refractivity (Wildman–Crippen MR) is 102 cm³/mol. The molecule has 0 aliphatic heterocycles. The van der Waals surface area contributed by atoms with Crippen molar-refractivity contribution in [3.63, 3.8) is 0 Å². The number of rotatable bonds is 6. The van der Waals surface area contributed by atoms with Crippen molar-refractivity contribution in [3.05, 3.63) is 40.7 Å². The second kappa shape index (κ2) is 7.59. The lowest BCUT2D eigenvalue weighted by Gasteiger charge is -2.15. The summed E-state index contributed by atoms with van der Waals surface area (Å²) in [6.07, 6.45) is 0. The third-order valence-corrected chi connectivity index (χ3v) is 6.56. The maximum Gasteiger partial charge on any atom is 0.246 e. The van der Waals surface area contributed by atoms with Gasteiger partial charge < -0.3 is 5.32 Å². The molecule has 0 aliphatic rings. The van der Waals surface area contributed by atoms with Gasteiger partial charge in [-0.15, -0.1) is 0 Å². The Hall–Kier alpha value is -2.19. The van der Waals surface area contributed by atoms with Crippen molar-refractivity contribution in [2.75, 3.05) is 18.9 Å². The van der Waals surface area contributed by atoms with Gasteiger partial charge in [-0.2, -0.15) is 5.10 Å². The van der Waals surface area contributed by atoms with Gasteiger partial charge in [0.1, 0.15) is 11.4 Å². The summed E-state index contributed by atoms with van der Waals surface area (Å²) in [6, 6.07) is 5.78. The molecule has 0 bridgehead atoms. The molecule has 142 valence electrons. The first-order valence-corrected chi connectivity index (χ1v) is 9.89. The standard InChI is InChI=1S/C18H26N4O3S/c1-7-21(6)26(24,25)18-14(4)20-22(15(18)5)11-17(23)19-16-9-8-12(2)10-13(16)3/h8-10H,7,11H2,1-6H3,(H,19,23). The maximum absolute atomic E-state index is 12.6. The predicted octanol–water partition coefficient (Wildman–Crippen LogP) is 2.40. The number of sulfonamides is 1. The van der Waals surface area contributed by atoms with Crippen LogP contribution in [0, 0.1) is 27.7 Å². The van der Waals surface area contributed by atoms with Crippen molar-refractivity contribution in [1.29, 1.82) is 0 Å². The molecule has 1 N–H and O–H groups in total. The van der Waals surface area contributed by atoms with Crippen LogP contribution in [0.5, 0.6) is 0 Å². The number of amides is 1. The Morgan fingerprint density at radius 1 is 1.23 bits per heavy atom. The zero-order chi connectivity index (χ0) is 19.6. The van der Waals surface area contributed by atoms with Crippen LogP contribution in [0.3, 0.4) is 0 Å². The topological polar surface area (TPSA) is 84.3 Å². The molecule has 2 rings (SSSR count). The lowest BCUT2D eigenvalue weighted by atomic mass is 10.1. The van der Waals surface area contributed by atoms with Crippen LogP contribution in [-0.4, -0.2) is 42.0 Å². The fraction of sp³-hybridized carbons (Fsp3) is 0.444. The molecule has 7 nitrogen and oxygen atoms in total. The van der Waals surface area contributed by atoms with Crippen LogP contribution in [0.15, 0.2) is 23.1 Å². The molecular formula is C18H26N4O3S. The fourth-order valence-corrected chi connectivity index (χ4v) is 4.36. The van der Waals surface area contributed by atoms with E-state index in [1.165, 1.54) is 16.0 Å². The van der Waals surface area contributed by atoms with Crippen LogP contribution < -0.4 is 5.32 Å². The van der Waals surface area contributed by atoms with Crippen LogP contribution in [0.25, 0.3) is 0 Å². The number of anilines is 1. The molecule has 0 radical (unpaired) electrons. The quantitative estimate of drug-likeness (QED) is 0.836. The van der Waals surface area contributed by atoms with E-state index in [2.05, 4.69) is 10.4 Å². The van der Waals surface area contributed by atoms with E-state index >= 15 is 0 Å². The van der Waals surface area contributed by atoms with Gasteiger partial charge >= 0.3 is 0 Å². The Labute approximate surface area is 155 Å². The second-order valence-electron chi connectivity index (χ2n) is 6.44. The fourth-order valence-electron chi connectivity index (χ4n) is 2.81. The highest BCUT2D eigenvalue weighted by Gasteiger charge is 2.28. The highest BCUT2D eigenvalue weighted by Crippen LogP contribution is 2.23. The minimum absolute atomic E-state index is 0.0502. The van der Waals surface area contributed by atoms with E-state index < -0.39 is 10.0 Å². The molecule has 2 aromatic rings. The van der Waals surface area contributed by atoms with Crippen molar-refractivity contribution >= 4 is 21.6 Å². The Balaban J connectivity index is 2.25. The third-order valence-electron chi connectivity index (χ3n) is 4.38. The molecule has 26 heavy (non-hydrogen) atoms. The largest absolute Gasteiger partial charge is 0.324 e. The van der Waals surface area contributed by atoms with Gasteiger partial charge in [-0.1, -0.05) is 24.6 Å². The molecule has 0 atom stereocenters. The molecule has 0 aliphatic carbocycles. The zero-order valence-electron chi connectivity index (χ0n) is 16.1. The van der Waals surface area contributed by atoms with Crippen LogP contribution >= 0.6 is 0 Å². The Kier molecular flexibility index (Phi) is 5.87. The van der Waals surface area contributed by atoms with Gasteiger partial charge in [0.2, 0.25) is 15.9 Å². The van der Waals surface area contributed by atoms with Gasteiger partial charge in [-0.3, -0.25) is 9.48 Å². The Bertz CT molecular complexity index is 932.